The van der Waals surface area contributed by atoms with E-state index in [0.717, 1.165) is 11.3 Å². The molecule has 1 rings (SSSR count). The van der Waals surface area contributed by atoms with Crippen LogP contribution in [0.3, 0.4) is 0 Å². The highest BCUT2D eigenvalue weighted by Gasteiger charge is 2.00. The molecule has 1 amide bonds. The molecule has 4 nitrogen and oxygen atoms in total. The van der Waals surface area contributed by atoms with Gasteiger partial charge in [0.25, 0.3) is 0 Å². The molecule has 0 heterocycles. The second-order valence-corrected chi connectivity index (χ2v) is 3.26. The molecular weight excluding hydrogens is 206 g/mol. The summed E-state index contributed by atoms with van der Waals surface area (Å²) in [6.45, 7) is 3.04. The van der Waals surface area contributed by atoms with Crippen LogP contribution in [-0.2, 0) is 16.1 Å². The maximum absolute atomic E-state index is 11.2. The van der Waals surface area contributed by atoms with Gasteiger partial charge in [0.15, 0.2) is 0 Å². The molecule has 0 saturated heterocycles. The minimum Gasteiger partial charge on any atom is -0.497 e. The topological polar surface area (TPSA) is 47.6 Å². The van der Waals surface area contributed by atoms with Crippen molar-refractivity contribution in [2.45, 2.75) is 13.5 Å². The summed E-state index contributed by atoms with van der Waals surface area (Å²) in [5, 5.41) is 2.77. The second-order valence-electron chi connectivity index (χ2n) is 3.26. The van der Waals surface area contributed by atoms with Crippen molar-refractivity contribution in [2.75, 3.05) is 20.3 Å². The van der Waals surface area contributed by atoms with Crippen molar-refractivity contribution in [1.29, 1.82) is 0 Å². The molecule has 0 aliphatic rings. The predicted molar refractivity (Wildman–Crippen MR) is 61.3 cm³/mol. The fourth-order valence-electron chi connectivity index (χ4n) is 1.19. The van der Waals surface area contributed by atoms with Crippen LogP contribution >= 0.6 is 0 Å². The van der Waals surface area contributed by atoms with Crippen LogP contribution in [0.2, 0.25) is 0 Å². The lowest BCUT2D eigenvalue weighted by Crippen LogP contribution is -2.27. The highest BCUT2D eigenvalue weighted by molar-refractivity contribution is 5.77. The first kappa shape index (κ1) is 12.5. The summed E-state index contributed by atoms with van der Waals surface area (Å²) in [4.78, 5) is 11.2. The third-order valence-corrected chi connectivity index (χ3v) is 2.09. The van der Waals surface area contributed by atoms with Gasteiger partial charge in [-0.3, -0.25) is 4.79 Å². The molecule has 88 valence electrons. The number of hydrogen-bond donors (Lipinski definition) is 1. The summed E-state index contributed by atoms with van der Waals surface area (Å²) in [7, 11) is 1.62. The number of nitrogens with one attached hydrogen (secondary N) is 1. The Labute approximate surface area is 95.6 Å². The molecule has 0 aliphatic heterocycles. The zero-order valence-electron chi connectivity index (χ0n) is 9.66. The lowest BCUT2D eigenvalue weighted by molar-refractivity contribution is -0.125. The monoisotopic (exact) mass is 223 g/mol. The molecule has 1 aromatic carbocycles. The Morgan fingerprint density at radius 2 is 2.00 bits per heavy atom. The van der Waals surface area contributed by atoms with Gasteiger partial charge in [-0.15, -0.1) is 0 Å². The van der Waals surface area contributed by atoms with E-state index in [1.54, 1.807) is 7.11 Å². The van der Waals surface area contributed by atoms with Gasteiger partial charge in [0.1, 0.15) is 12.4 Å². The summed E-state index contributed by atoms with van der Waals surface area (Å²) in [5.74, 6) is 0.710. The number of carbonyl (C=O) groups excluding carboxylic acids is 1. The van der Waals surface area contributed by atoms with E-state index in [-0.39, 0.29) is 12.5 Å². The van der Waals surface area contributed by atoms with Crippen molar-refractivity contribution in [3.05, 3.63) is 29.8 Å². The molecule has 0 atom stereocenters. The van der Waals surface area contributed by atoms with E-state index in [1.165, 1.54) is 0 Å². The quantitative estimate of drug-likeness (QED) is 0.791. The van der Waals surface area contributed by atoms with Gasteiger partial charge < -0.3 is 14.8 Å². The number of hydrogen-bond acceptors (Lipinski definition) is 3. The zero-order chi connectivity index (χ0) is 11.8. The molecule has 0 bridgehead atoms. The van der Waals surface area contributed by atoms with E-state index in [9.17, 15) is 4.79 Å². The van der Waals surface area contributed by atoms with Gasteiger partial charge in [-0.05, 0) is 24.6 Å². The molecule has 1 aromatic rings. The SMILES string of the molecule is CCOCC(=O)NCc1ccc(OC)cc1. The normalized spacial score (nSPS) is 9.88. The van der Waals surface area contributed by atoms with Crippen LogP contribution in [-0.4, -0.2) is 26.2 Å². The van der Waals surface area contributed by atoms with Crippen molar-refractivity contribution in [3.8, 4) is 5.75 Å². The van der Waals surface area contributed by atoms with Crippen LogP contribution in [0.4, 0.5) is 0 Å². The minimum absolute atomic E-state index is 0.0994. The van der Waals surface area contributed by atoms with Gasteiger partial charge in [0.05, 0.1) is 7.11 Å². The Morgan fingerprint density at radius 3 is 2.56 bits per heavy atom. The van der Waals surface area contributed by atoms with Crippen molar-refractivity contribution in [3.63, 3.8) is 0 Å². The molecule has 0 aromatic heterocycles. The average Bonchev–Trinajstić information content (AvgIpc) is 2.34. The molecular formula is C12H17NO3. The van der Waals surface area contributed by atoms with Crippen LogP contribution in [0.15, 0.2) is 24.3 Å². The number of amides is 1. The van der Waals surface area contributed by atoms with Crippen molar-refractivity contribution >= 4 is 5.91 Å². The van der Waals surface area contributed by atoms with Crippen molar-refractivity contribution < 1.29 is 14.3 Å². The lowest BCUT2D eigenvalue weighted by Gasteiger charge is -2.06. The Hall–Kier alpha value is -1.55. The van der Waals surface area contributed by atoms with Gasteiger partial charge in [0.2, 0.25) is 5.91 Å². The Balaban J connectivity index is 2.33. The summed E-state index contributed by atoms with van der Waals surface area (Å²) in [5.41, 5.74) is 1.03. The summed E-state index contributed by atoms with van der Waals surface area (Å²) >= 11 is 0. The maximum atomic E-state index is 11.2. The van der Waals surface area contributed by atoms with Crippen LogP contribution < -0.4 is 10.1 Å². The lowest BCUT2D eigenvalue weighted by atomic mass is 10.2. The van der Waals surface area contributed by atoms with Crippen molar-refractivity contribution in [1.82, 2.24) is 5.32 Å². The number of rotatable bonds is 6. The first-order chi connectivity index (χ1) is 7.76. The molecule has 0 spiro atoms. The summed E-state index contributed by atoms with van der Waals surface area (Å²) in [6, 6.07) is 7.56. The van der Waals surface area contributed by atoms with E-state index in [0.29, 0.717) is 13.2 Å². The van der Waals surface area contributed by atoms with E-state index >= 15 is 0 Å². The zero-order valence-corrected chi connectivity index (χ0v) is 9.66. The standard InChI is InChI=1S/C12H17NO3/c1-3-16-9-12(14)13-8-10-4-6-11(15-2)7-5-10/h4-7H,3,8-9H2,1-2H3,(H,13,14). The van der Waals surface area contributed by atoms with Crippen molar-refractivity contribution in [2.24, 2.45) is 0 Å². The largest absolute Gasteiger partial charge is 0.497 e. The van der Waals surface area contributed by atoms with Gasteiger partial charge in [-0.1, -0.05) is 12.1 Å². The molecule has 0 saturated carbocycles. The van der Waals surface area contributed by atoms with E-state index < -0.39 is 0 Å². The fourth-order valence-corrected chi connectivity index (χ4v) is 1.19. The van der Waals surface area contributed by atoms with Crippen LogP contribution in [0.5, 0.6) is 5.75 Å². The van der Waals surface area contributed by atoms with Gasteiger partial charge in [-0.2, -0.15) is 0 Å². The highest BCUT2D eigenvalue weighted by Crippen LogP contribution is 2.10. The predicted octanol–water partition coefficient (Wildman–Crippen LogP) is 1.35. The number of benzene rings is 1. The smallest absolute Gasteiger partial charge is 0.246 e. The van der Waals surface area contributed by atoms with Gasteiger partial charge in [0, 0.05) is 13.2 Å². The minimum atomic E-state index is -0.0994. The fraction of sp³-hybridized carbons (Fsp3) is 0.417. The van der Waals surface area contributed by atoms with Crippen LogP contribution in [0.1, 0.15) is 12.5 Å². The summed E-state index contributed by atoms with van der Waals surface area (Å²) in [6.07, 6.45) is 0. The highest BCUT2D eigenvalue weighted by atomic mass is 16.5. The van der Waals surface area contributed by atoms with Crippen LogP contribution in [0, 0.1) is 0 Å². The van der Waals surface area contributed by atoms with E-state index in [1.807, 2.05) is 31.2 Å². The van der Waals surface area contributed by atoms with Crippen LogP contribution in [0.25, 0.3) is 0 Å². The molecule has 16 heavy (non-hydrogen) atoms. The van der Waals surface area contributed by atoms with Gasteiger partial charge >= 0.3 is 0 Å². The Bertz CT molecular complexity index is 322. The third kappa shape index (κ3) is 4.31. The number of ether oxygens (including phenoxy) is 2. The van der Waals surface area contributed by atoms with E-state index in [4.69, 9.17) is 9.47 Å². The molecule has 0 aliphatic carbocycles. The maximum Gasteiger partial charge on any atom is 0.246 e. The second kappa shape index (κ2) is 6.85. The molecule has 1 N–H and O–H groups in total. The summed E-state index contributed by atoms with van der Waals surface area (Å²) < 4.78 is 10.0. The Morgan fingerprint density at radius 1 is 1.31 bits per heavy atom. The molecule has 0 unspecified atom stereocenters. The molecule has 4 heteroatoms. The van der Waals surface area contributed by atoms with Gasteiger partial charge in [-0.25, -0.2) is 0 Å². The molecule has 0 fully saturated rings. The molecule has 0 radical (unpaired) electrons. The Kier molecular flexibility index (Phi) is 5.36. The first-order valence-corrected chi connectivity index (χ1v) is 5.23. The van der Waals surface area contributed by atoms with E-state index in [2.05, 4.69) is 5.32 Å². The number of methoxy groups -OCH3 is 1. The first-order valence-electron chi connectivity index (χ1n) is 5.23. The average molecular weight is 223 g/mol. The number of carbonyl (C=O) groups is 1. The third-order valence-electron chi connectivity index (χ3n) is 2.09.